The zero-order valence-electron chi connectivity index (χ0n) is 12.0. The molecule has 0 bridgehead atoms. The largest absolute Gasteiger partial charge is 0.466 e. The molecule has 0 amide bonds. The number of esters is 1. The molecule has 1 heterocycles. The second-order valence-corrected chi connectivity index (χ2v) is 5.84. The monoisotopic (exact) mass is 342 g/mol. The van der Waals surface area contributed by atoms with Crippen LogP contribution in [0.2, 0.25) is 5.02 Å². The Morgan fingerprint density at radius 1 is 1.61 bits per heavy atom. The van der Waals surface area contributed by atoms with Crippen LogP contribution in [-0.4, -0.2) is 29.3 Å². The van der Waals surface area contributed by atoms with Gasteiger partial charge in [0, 0.05) is 24.1 Å². The van der Waals surface area contributed by atoms with Gasteiger partial charge in [-0.2, -0.15) is 4.39 Å². The SMILES string of the molecule is COC(=O)C12CCCC1C(c1cc([N+](=O)[O-])c(F)cc1Cl)=NO2. The van der Waals surface area contributed by atoms with Crippen molar-refractivity contribution < 1.29 is 23.7 Å². The molecule has 0 spiro atoms. The van der Waals surface area contributed by atoms with Crippen LogP contribution in [0.25, 0.3) is 0 Å². The van der Waals surface area contributed by atoms with Crippen LogP contribution in [0.1, 0.15) is 24.8 Å². The zero-order valence-corrected chi connectivity index (χ0v) is 12.8. The Kier molecular flexibility index (Phi) is 3.71. The molecule has 0 radical (unpaired) electrons. The lowest BCUT2D eigenvalue weighted by molar-refractivity contribution is -0.387. The quantitative estimate of drug-likeness (QED) is 0.478. The average molecular weight is 343 g/mol. The van der Waals surface area contributed by atoms with Gasteiger partial charge in [-0.25, -0.2) is 4.79 Å². The number of halogens is 2. The van der Waals surface area contributed by atoms with Gasteiger partial charge in [-0.3, -0.25) is 10.1 Å². The molecule has 2 aliphatic rings. The molecule has 2 unspecified atom stereocenters. The first-order valence-electron chi connectivity index (χ1n) is 6.89. The van der Waals surface area contributed by atoms with Gasteiger partial charge < -0.3 is 9.57 Å². The summed E-state index contributed by atoms with van der Waals surface area (Å²) < 4.78 is 18.4. The van der Waals surface area contributed by atoms with E-state index in [1.165, 1.54) is 7.11 Å². The van der Waals surface area contributed by atoms with Crippen LogP contribution in [0, 0.1) is 21.8 Å². The fraction of sp³-hybridized carbons (Fsp3) is 0.429. The van der Waals surface area contributed by atoms with Crippen LogP contribution in [0.5, 0.6) is 0 Å². The summed E-state index contributed by atoms with van der Waals surface area (Å²) in [6.45, 7) is 0. The first-order chi connectivity index (χ1) is 10.9. The molecule has 0 aromatic heterocycles. The van der Waals surface area contributed by atoms with E-state index >= 15 is 0 Å². The Hall–Kier alpha value is -2.22. The van der Waals surface area contributed by atoms with Gasteiger partial charge in [-0.15, -0.1) is 0 Å². The molecule has 122 valence electrons. The molecule has 1 fully saturated rings. The molecule has 7 nitrogen and oxygen atoms in total. The Labute approximate surface area is 135 Å². The Bertz CT molecular complexity index is 738. The van der Waals surface area contributed by atoms with Crippen molar-refractivity contribution in [2.75, 3.05) is 7.11 Å². The van der Waals surface area contributed by atoms with Crippen LogP contribution in [0.4, 0.5) is 10.1 Å². The van der Waals surface area contributed by atoms with E-state index in [1.807, 2.05) is 0 Å². The maximum atomic E-state index is 13.6. The molecule has 9 heteroatoms. The minimum atomic E-state index is -1.23. The number of oxime groups is 1. The number of fused-ring (bicyclic) bond motifs is 1. The number of nitro groups is 1. The predicted octanol–water partition coefficient (Wildman–Crippen LogP) is 2.83. The van der Waals surface area contributed by atoms with E-state index in [0.29, 0.717) is 25.0 Å². The van der Waals surface area contributed by atoms with Crippen molar-refractivity contribution in [2.45, 2.75) is 24.9 Å². The summed E-state index contributed by atoms with van der Waals surface area (Å²) in [5.41, 5.74) is -1.43. The van der Waals surface area contributed by atoms with Crippen molar-refractivity contribution in [1.82, 2.24) is 0 Å². The first-order valence-corrected chi connectivity index (χ1v) is 7.27. The summed E-state index contributed by atoms with van der Waals surface area (Å²) in [4.78, 5) is 27.5. The minimum absolute atomic E-state index is 0.0250. The molecule has 0 N–H and O–H groups in total. The van der Waals surface area contributed by atoms with E-state index < -0.39 is 33.9 Å². The van der Waals surface area contributed by atoms with Crippen LogP contribution in [-0.2, 0) is 14.4 Å². The highest BCUT2D eigenvalue weighted by atomic mass is 35.5. The van der Waals surface area contributed by atoms with Crippen LogP contribution >= 0.6 is 11.6 Å². The number of hydrogen-bond acceptors (Lipinski definition) is 6. The zero-order chi connectivity index (χ0) is 16.8. The Balaban J connectivity index is 2.06. The topological polar surface area (TPSA) is 91.0 Å². The molecule has 1 aliphatic carbocycles. The van der Waals surface area contributed by atoms with Crippen molar-refractivity contribution in [3.63, 3.8) is 0 Å². The van der Waals surface area contributed by atoms with Crippen molar-refractivity contribution in [3.8, 4) is 0 Å². The molecule has 0 saturated heterocycles. The molecule has 23 heavy (non-hydrogen) atoms. The number of benzene rings is 1. The van der Waals surface area contributed by atoms with E-state index in [4.69, 9.17) is 21.2 Å². The fourth-order valence-corrected chi connectivity index (χ4v) is 3.45. The lowest BCUT2D eigenvalue weighted by Gasteiger charge is -2.23. The summed E-state index contributed by atoms with van der Waals surface area (Å²) in [5.74, 6) is -2.02. The van der Waals surface area contributed by atoms with Gasteiger partial charge in [0.2, 0.25) is 11.4 Å². The molecule has 1 aliphatic heterocycles. The van der Waals surface area contributed by atoms with E-state index in [2.05, 4.69) is 5.16 Å². The predicted molar refractivity (Wildman–Crippen MR) is 77.8 cm³/mol. The second kappa shape index (κ2) is 5.45. The number of carbonyl (C=O) groups excluding carboxylic acids is 1. The minimum Gasteiger partial charge on any atom is -0.466 e. The number of rotatable bonds is 3. The molecule has 3 rings (SSSR count). The Morgan fingerprint density at radius 2 is 2.35 bits per heavy atom. The molecule has 1 aromatic rings. The van der Waals surface area contributed by atoms with Gasteiger partial charge in [-0.05, 0) is 12.8 Å². The maximum Gasteiger partial charge on any atom is 0.353 e. The van der Waals surface area contributed by atoms with E-state index in [-0.39, 0.29) is 10.6 Å². The first kappa shape index (κ1) is 15.7. The van der Waals surface area contributed by atoms with Crippen LogP contribution in [0.15, 0.2) is 17.3 Å². The lowest BCUT2D eigenvalue weighted by Crippen LogP contribution is -2.43. The van der Waals surface area contributed by atoms with Gasteiger partial charge in [0.1, 0.15) is 0 Å². The van der Waals surface area contributed by atoms with E-state index in [0.717, 1.165) is 12.1 Å². The summed E-state index contributed by atoms with van der Waals surface area (Å²) in [6.07, 6.45) is 1.73. The number of nitro benzene ring substituents is 1. The standard InChI is InChI=1S/C14H12ClFN2O5/c1-22-13(19)14-4-2-3-8(14)12(17-23-14)7-5-11(18(20)21)10(16)6-9(7)15/h5-6,8H,2-4H2,1H3. The van der Waals surface area contributed by atoms with Gasteiger partial charge in [0.15, 0.2) is 0 Å². The summed E-state index contributed by atoms with van der Waals surface area (Å²) in [5, 5.41) is 14.8. The van der Waals surface area contributed by atoms with Crippen molar-refractivity contribution in [2.24, 2.45) is 11.1 Å². The third-order valence-corrected chi connectivity index (χ3v) is 4.59. The third kappa shape index (κ3) is 2.24. The number of carbonyl (C=O) groups is 1. The van der Waals surface area contributed by atoms with Gasteiger partial charge in [-0.1, -0.05) is 16.8 Å². The second-order valence-electron chi connectivity index (χ2n) is 5.43. The fourth-order valence-electron chi connectivity index (χ4n) is 3.20. The van der Waals surface area contributed by atoms with E-state index in [1.54, 1.807) is 0 Å². The molecule has 2 atom stereocenters. The highest BCUT2D eigenvalue weighted by Crippen LogP contribution is 2.47. The molecule has 1 aromatic carbocycles. The number of nitrogens with zero attached hydrogens (tertiary/aromatic N) is 2. The summed E-state index contributed by atoms with van der Waals surface area (Å²) in [6, 6.07) is 1.89. The lowest BCUT2D eigenvalue weighted by atomic mass is 9.84. The highest BCUT2D eigenvalue weighted by Gasteiger charge is 2.59. The molecular weight excluding hydrogens is 331 g/mol. The normalized spacial score (nSPS) is 25.5. The van der Waals surface area contributed by atoms with Crippen molar-refractivity contribution >= 4 is 29.0 Å². The van der Waals surface area contributed by atoms with Crippen LogP contribution in [0.3, 0.4) is 0 Å². The number of hydrogen-bond donors (Lipinski definition) is 0. The van der Waals surface area contributed by atoms with E-state index in [9.17, 15) is 19.3 Å². The smallest absolute Gasteiger partial charge is 0.353 e. The molecule has 1 saturated carbocycles. The average Bonchev–Trinajstić information content (AvgIpc) is 3.06. The summed E-state index contributed by atoms with van der Waals surface area (Å²) in [7, 11) is 1.25. The number of ether oxygens (including phenoxy) is 1. The van der Waals surface area contributed by atoms with Gasteiger partial charge in [0.25, 0.3) is 0 Å². The molecular formula is C14H12ClFN2O5. The maximum absolute atomic E-state index is 13.6. The number of methoxy groups -OCH3 is 1. The highest BCUT2D eigenvalue weighted by molar-refractivity contribution is 6.34. The van der Waals surface area contributed by atoms with Gasteiger partial charge in [0.05, 0.1) is 28.7 Å². The third-order valence-electron chi connectivity index (χ3n) is 4.28. The Morgan fingerprint density at radius 3 is 3.00 bits per heavy atom. The van der Waals surface area contributed by atoms with Crippen molar-refractivity contribution in [1.29, 1.82) is 0 Å². The van der Waals surface area contributed by atoms with Crippen LogP contribution < -0.4 is 0 Å². The van der Waals surface area contributed by atoms with Gasteiger partial charge >= 0.3 is 11.7 Å². The summed E-state index contributed by atoms with van der Waals surface area (Å²) >= 11 is 6.02. The van der Waals surface area contributed by atoms with Crippen molar-refractivity contribution in [3.05, 3.63) is 38.7 Å².